The summed E-state index contributed by atoms with van der Waals surface area (Å²) in [6.45, 7) is 6.66. The molecule has 1 atom stereocenters. The summed E-state index contributed by atoms with van der Waals surface area (Å²) in [6.07, 6.45) is -0.236. The van der Waals surface area contributed by atoms with Crippen molar-refractivity contribution >= 4 is 11.3 Å². The predicted octanol–water partition coefficient (Wildman–Crippen LogP) is 1.95. The molecule has 13 heavy (non-hydrogen) atoms. The van der Waals surface area contributed by atoms with Crippen LogP contribution in [0, 0.1) is 0 Å². The molecule has 0 aliphatic carbocycles. The Morgan fingerprint density at radius 2 is 2.38 bits per heavy atom. The van der Waals surface area contributed by atoms with Crippen LogP contribution in [0.5, 0.6) is 0 Å². The number of nitrogens with zero attached hydrogens (tertiary/aromatic N) is 1. The van der Waals surface area contributed by atoms with Crippen molar-refractivity contribution in [2.75, 3.05) is 13.1 Å². The molecule has 0 aliphatic heterocycles. The van der Waals surface area contributed by atoms with Crippen LogP contribution in [0.3, 0.4) is 0 Å². The minimum absolute atomic E-state index is 0.236. The van der Waals surface area contributed by atoms with E-state index in [1.54, 1.807) is 11.3 Å². The van der Waals surface area contributed by atoms with Crippen molar-refractivity contribution in [2.24, 2.45) is 0 Å². The first kappa shape index (κ1) is 10.7. The highest BCUT2D eigenvalue weighted by Gasteiger charge is 2.06. The lowest BCUT2D eigenvalue weighted by molar-refractivity contribution is 0.126. The Balaban J connectivity index is 2.40. The normalized spacial score (nSPS) is 13.5. The Hall–Kier alpha value is -0.380. The fourth-order valence-electron chi connectivity index (χ4n) is 1.30. The molecule has 3 heteroatoms. The van der Waals surface area contributed by atoms with E-state index < -0.39 is 0 Å². The van der Waals surface area contributed by atoms with E-state index >= 15 is 0 Å². The molecule has 0 spiro atoms. The highest BCUT2D eigenvalue weighted by atomic mass is 32.1. The molecule has 0 aliphatic rings. The van der Waals surface area contributed by atoms with Crippen LogP contribution in [0.15, 0.2) is 17.5 Å². The Labute approximate surface area is 83.8 Å². The monoisotopic (exact) mass is 199 g/mol. The van der Waals surface area contributed by atoms with Gasteiger partial charge in [-0.2, -0.15) is 0 Å². The van der Waals surface area contributed by atoms with Crippen molar-refractivity contribution in [3.8, 4) is 0 Å². The number of thiophene rings is 1. The lowest BCUT2D eigenvalue weighted by Crippen LogP contribution is -2.30. The van der Waals surface area contributed by atoms with Crippen LogP contribution in [-0.2, 0) is 6.54 Å². The van der Waals surface area contributed by atoms with Gasteiger partial charge in [-0.05, 0) is 24.9 Å². The maximum Gasteiger partial charge on any atom is 0.0639 e. The molecule has 1 heterocycles. The second-order valence-corrected chi connectivity index (χ2v) is 4.29. The molecule has 0 bridgehead atoms. The molecule has 0 saturated heterocycles. The summed E-state index contributed by atoms with van der Waals surface area (Å²) >= 11 is 1.77. The lowest BCUT2D eigenvalue weighted by Gasteiger charge is -2.20. The highest BCUT2D eigenvalue weighted by Crippen LogP contribution is 2.11. The zero-order chi connectivity index (χ0) is 9.68. The molecule has 1 rings (SSSR count). The van der Waals surface area contributed by atoms with Gasteiger partial charge in [0.25, 0.3) is 0 Å². The van der Waals surface area contributed by atoms with Gasteiger partial charge >= 0.3 is 0 Å². The largest absolute Gasteiger partial charge is 0.392 e. The van der Waals surface area contributed by atoms with E-state index in [0.717, 1.165) is 19.6 Å². The summed E-state index contributed by atoms with van der Waals surface area (Å²) in [4.78, 5) is 3.61. The SMILES string of the molecule is CCN(Cc1cccs1)CC(C)O. The summed E-state index contributed by atoms with van der Waals surface area (Å²) in [5, 5.41) is 11.3. The molecule has 0 amide bonds. The standard InChI is InChI=1S/C10H17NOS/c1-3-11(7-9(2)12)8-10-5-4-6-13-10/h4-6,9,12H,3,7-8H2,1-2H3. The van der Waals surface area contributed by atoms with Gasteiger partial charge in [0.15, 0.2) is 0 Å². The smallest absolute Gasteiger partial charge is 0.0639 e. The number of hydrogen-bond donors (Lipinski definition) is 1. The topological polar surface area (TPSA) is 23.5 Å². The van der Waals surface area contributed by atoms with Crippen LogP contribution >= 0.6 is 11.3 Å². The molecular formula is C10H17NOS. The third kappa shape index (κ3) is 3.89. The van der Waals surface area contributed by atoms with Gasteiger partial charge in [0.1, 0.15) is 0 Å². The van der Waals surface area contributed by atoms with Crippen LogP contribution in [0.1, 0.15) is 18.7 Å². The van der Waals surface area contributed by atoms with Crippen LogP contribution in [-0.4, -0.2) is 29.2 Å². The molecule has 74 valence electrons. The summed E-state index contributed by atoms with van der Waals surface area (Å²) in [7, 11) is 0. The van der Waals surface area contributed by atoms with E-state index in [1.807, 2.05) is 6.92 Å². The number of aliphatic hydroxyl groups excluding tert-OH is 1. The molecule has 1 aromatic heterocycles. The molecule has 0 radical (unpaired) electrons. The molecule has 1 unspecified atom stereocenters. The first-order valence-electron chi connectivity index (χ1n) is 4.65. The molecule has 2 nitrogen and oxygen atoms in total. The van der Waals surface area contributed by atoms with Gasteiger partial charge in [0.05, 0.1) is 6.10 Å². The van der Waals surface area contributed by atoms with E-state index in [4.69, 9.17) is 0 Å². The Morgan fingerprint density at radius 3 is 2.85 bits per heavy atom. The minimum Gasteiger partial charge on any atom is -0.392 e. The molecule has 1 aromatic rings. The van der Waals surface area contributed by atoms with Crippen molar-refractivity contribution < 1.29 is 5.11 Å². The Bertz CT molecular complexity index is 221. The van der Waals surface area contributed by atoms with Gasteiger partial charge in [0.2, 0.25) is 0 Å². The fourth-order valence-corrected chi connectivity index (χ4v) is 2.05. The van der Waals surface area contributed by atoms with Crippen molar-refractivity contribution in [3.63, 3.8) is 0 Å². The molecule has 1 N–H and O–H groups in total. The fraction of sp³-hybridized carbons (Fsp3) is 0.600. The zero-order valence-corrected chi connectivity index (χ0v) is 9.05. The Morgan fingerprint density at radius 1 is 1.62 bits per heavy atom. The minimum atomic E-state index is -0.236. The maximum absolute atomic E-state index is 9.24. The van der Waals surface area contributed by atoms with Gasteiger partial charge in [-0.1, -0.05) is 13.0 Å². The summed E-state index contributed by atoms with van der Waals surface area (Å²) in [5.41, 5.74) is 0. The van der Waals surface area contributed by atoms with E-state index in [2.05, 4.69) is 29.3 Å². The van der Waals surface area contributed by atoms with Gasteiger partial charge in [-0.15, -0.1) is 11.3 Å². The number of aliphatic hydroxyl groups is 1. The van der Waals surface area contributed by atoms with Crippen molar-refractivity contribution in [1.82, 2.24) is 4.90 Å². The summed E-state index contributed by atoms with van der Waals surface area (Å²) in [5.74, 6) is 0. The Kier molecular flexibility index (Phi) is 4.42. The average molecular weight is 199 g/mol. The van der Waals surface area contributed by atoms with Gasteiger partial charge < -0.3 is 5.11 Å². The van der Waals surface area contributed by atoms with E-state index in [-0.39, 0.29) is 6.10 Å². The zero-order valence-electron chi connectivity index (χ0n) is 8.23. The number of hydrogen-bond acceptors (Lipinski definition) is 3. The van der Waals surface area contributed by atoms with Crippen LogP contribution in [0.2, 0.25) is 0 Å². The van der Waals surface area contributed by atoms with E-state index in [0.29, 0.717) is 0 Å². The third-order valence-electron chi connectivity index (χ3n) is 1.93. The van der Waals surface area contributed by atoms with Gasteiger partial charge in [0, 0.05) is 18.0 Å². The van der Waals surface area contributed by atoms with Crippen LogP contribution in [0.25, 0.3) is 0 Å². The second-order valence-electron chi connectivity index (χ2n) is 3.26. The first-order chi connectivity index (χ1) is 6.22. The summed E-state index contributed by atoms with van der Waals surface area (Å²) < 4.78 is 0. The predicted molar refractivity (Wildman–Crippen MR) is 57.0 cm³/mol. The van der Waals surface area contributed by atoms with Gasteiger partial charge in [-0.3, -0.25) is 4.90 Å². The molecular weight excluding hydrogens is 182 g/mol. The lowest BCUT2D eigenvalue weighted by atomic mass is 10.3. The average Bonchev–Trinajstić information content (AvgIpc) is 2.55. The second kappa shape index (κ2) is 5.37. The third-order valence-corrected chi connectivity index (χ3v) is 2.79. The highest BCUT2D eigenvalue weighted by molar-refractivity contribution is 7.09. The first-order valence-corrected chi connectivity index (χ1v) is 5.53. The molecule has 0 saturated carbocycles. The molecule has 0 aromatic carbocycles. The van der Waals surface area contributed by atoms with Crippen molar-refractivity contribution in [1.29, 1.82) is 0 Å². The number of likely N-dealkylation sites (N-methyl/N-ethyl adjacent to an activating group) is 1. The molecule has 0 fully saturated rings. The van der Waals surface area contributed by atoms with E-state index in [1.165, 1.54) is 4.88 Å². The van der Waals surface area contributed by atoms with Gasteiger partial charge in [-0.25, -0.2) is 0 Å². The number of rotatable bonds is 5. The van der Waals surface area contributed by atoms with Crippen LogP contribution < -0.4 is 0 Å². The van der Waals surface area contributed by atoms with Crippen molar-refractivity contribution in [3.05, 3.63) is 22.4 Å². The van der Waals surface area contributed by atoms with Crippen molar-refractivity contribution in [2.45, 2.75) is 26.5 Å². The van der Waals surface area contributed by atoms with E-state index in [9.17, 15) is 5.11 Å². The summed E-state index contributed by atoms with van der Waals surface area (Å²) in [6, 6.07) is 4.20. The maximum atomic E-state index is 9.24. The van der Waals surface area contributed by atoms with Crippen LogP contribution in [0.4, 0.5) is 0 Å². The quantitative estimate of drug-likeness (QED) is 0.783.